The molecule has 0 aliphatic heterocycles. The monoisotopic (exact) mass is 261 g/mol. The van der Waals surface area contributed by atoms with Gasteiger partial charge in [-0.1, -0.05) is 31.0 Å². The lowest BCUT2D eigenvalue weighted by molar-refractivity contribution is 0.0460. The molecular weight excluding hydrogens is 238 g/mol. The molecule has 1 aliphatic rings. The van der Waals surface area contributed by atoms with E-state index in [2.05, 4.69) is 6.92 Å². The van der Waals surface area contributed by atoms with Crippen molar-refractivity contribution in [1.82, 2.24) is 4.90 Å². The van der Waals surface area contributed by atoms with Gasteiger partial charge in [0.15, 0.2) is 0 Å². The number of carbonyl (C=O) groups is 1. The second-order valence-corrected chi connectivity index (χ2v) is 5.70. The molecule has 0 saturated heterocycles. The first-order valence-corrected chi connectivity index (χ1v) is 7.07. The van der Waals surface area contributed by atoms with Crippen molar-refractivity contribution in [2.45, 2.75) is 45.1 Å². The molecule has 0 heterocycles. The second kappa shape index (κ2) is 5.74. The molecule has 1 aromatic carbocycles. The van der Waals surface area contributed by atoms with Gasteiger partial charge in [-0.15, -0.1) is 0 Å². The molecule has 3 nitrogen and oxygen atoms in total. The Bertz CT molecular complexity index is 450. The highest BCUT2D eigenvalue weighted by Crippen LogP contribution is 2.35. The van der Waals surface area contributed by atoms with Crippen LogP contribution in [0.2, 0.25) is 0 Å². The lowest BCUT2D eigenvalue weighted by Crippen LogP contribution is -2.49. The van der Waals surface area contributed by atoms with Gasteiger partial charge >= 0.3 is 0 Å². The fourth-order valence-electron chi connectivity index (χ4n) is 3.08. The van der Waals surface area contributed by atoms with Crippen LogP contribution in [0.1, 0.15) is 48.5 Å². The van der Waals surface area contributed by atoms with Gasteiger partial charge in [-0.25, -0.2) is 0 Å². The Hall–Kier alpha value is -1.35. The Balaban J connectivity index is 2.29. The average Bonchev–Trinajstić information content (AvgIpc) is 2.83. The Kier molecular flexibility index (Phi) is 4.25. The fourth-order valence-corrected chi connectivity index (χ4v) is 3.08. The molecule has 0 radical (unpaired) electrons. The predicted octanol–water partition coefficient (Wildman–Crippen LogP) is 2.76. The van der Waals surface area contributed by atoms with E-state index in [4.69, 9.17) is 0 Å². The highest BCUT2D eigenvalue weighted by Gasteiger charge is 2.38. The Morgan fingerprint density at radius 2 is 1.95 bits per heavy atom. The number of hydrogen-bond donors (Lipinski definition) is 1. The third-order valence-electron chi connectivity index (χ3n) is 4.28. The minimum absolute atomic E-state index is 0.0210. The van der Waals surface area contributed by atoms with E-state index in [1.54, 1.807) is 0 Å². The van der Waals surface area contributed by atoms with Gasteiger partial charge in [0.05, 0.1) is 6.61 Å². The second-order valence-electron chi connectivity index (χ2n) is 5.70. The van der Waals surface area contributed by atoms with E-state index in [1.807, 2.05) is 36.1 Å². The number of aliphatic hydroxyl groups is 1. The van der Waals surface area contributed by atoms with E-state index in [1.165, 1.54) is 12.8 Å². The van der Waals surface area contributed by atoms with Crippen LogP contribution in [0.15, 0.2) is 24.3 Å². The van der Waals surface area contributed by atoms with Gasteiger partial charge in [0.25, 0.3) is 5.91 Å². The molecule has 104 valence electrons. The third-order valence-corrected chi connectivity index (χ3v) is 4.28. The Morgan fingerprint density at radius 3 is 2.53 bits per heavy atom. The lowest BCUT2D eigenvalue weighted by atomic mass is 9.95. The standard InChI is InChI=1S/C16H23NO2/c1-13-7-3-4-8-14(13)15(19)17(11-12-18)16(2)9-5-6-10-16/h3-4,7-8,18H,5-6,9-12H2,1-2H3. The molecule has 0 atom stereocenters. The molecule has 0 unspecified atom stereocenters. The zero-order valence-corrected chi connectivity index (χ0v) is 11.9. The first-order chi connectivity index (χ1) is 9.08. The number of β-amino-alcohol motifs (C(OH)–C–C–N with tert-alkyl or cyclic N) is 1. The molecule has 0 bridgehead atoms. The highest BCUT2D eigenvalue weighted by molar-refractivity contribution is 5.96. The van der Waals surface area contributed by atoms with Crippen LogP contribution < -0.4 is 0 Å². The minimum Gasteiger partial charge on any atom is -0.395 e. The van der Waals surface area contributed by atoms with Gasteiger partial charge in [-0.05, 0) is 38.3 Å². The summed E-state index contributed by atoms with van der Waals surface area (Å²) in [7, 11) is 0. The number of rotatable bonds is 4. The van der Waals surface area contributed by atoms with Gasteiger partial charge in [0.1, 0.15) is 0 Å². The summed E-state index contributed by atoms with van der Waals surface area (Å²) in [6.07, 6.45) is 4.40. The maximum absolute atomic E-state index is 12.8. The molecule has 1 fully saturated rings. The van der Waals surface area contributed by atoms with Crippen LogP contribution in [-0.4, -0.2) is 34.6 Å². The van der Waals surface area contributed by atoms with Gasteiger partial charge in [0.2, 0.25) is 0 Å². The van der Waals surface area contributed by atoms with Crippen LogP contribution in [-0.2, 0) is 0 Å². The van der Waals surface area contributed by atoms with Gasteiger partial charge in [0, 0.05) is 17.6 Å². The summed E-state index contributed by atoms with van der Waals surface area (Å²) in [6, 6.07) is 7.68. The molecule has 19 heavy (non-hydrogen) atoms. The van der Waals surface area contributed by atoms with Crippen molar-refractivity contribution in [2.75, 3.05) is 13.2 Å². The molecule has 1 N–H and O–H groups in total. The summed E-state index contributed by atoms with van der Waals surface area (Å²) < 4.78 is 0. The molecule has 0 spiro atoms. The van der Waals surface area contributed by atoms with Crippen molar-refractivity contribution >= 4 is 5.91 Å². The van der Waals surface area contributed by atoms with Crippen molar-refractivity contribution in [3.05, 3.63) is 35.4 Å². The fraction of sp³-hybridized carbons (Fsp3) is 0.562. The molecule has 2 rings (SSSR count). The molecule has 1 saturated carbocycles. The van der Waals surface area contributed by atoms with Crippen LogP contribution in [0.4, 0.5) is 0 Å². The van der Waals surface area contributed by atoms with Crippen molar-refractivity contribution in [1.29, 1.82) is 0 Å². The number of hydrogen-bond acceptors (Lipinski definition) is 2. The predicted molar refractivity (Wildman–Crippen MR) is 76.2 cm³/mol. The molecule has 1 aromatic rings. The van der Waals surface area contributed by atoms with E-state index < -0.39 is 0 Å². The summed E-state index contributed by atoms with van der Waals surface area (Å²) in [5, 5.41) is 9.28. The molecule has 3 heteroatoms. The number of carbonyl (C=O) groups excluding carboxylic acids is 1. The van der Waals surface area contributed by atoms with Crippen LogP contribution >= 0.6 is 0 Å². The van der Waals surface area contributed by atoms with Crippen LogP contribution in [0, 0.1) is 6.92 Å². The largest absolute Gasteiger partial charge is 0.395 e. The summed E-state index contributed by atoms with van der Waals surface area (Å²) >= 11 is 0. The minimum atomic E-state index is -0.0951. The first-order valence-electron chi connectivity index (χ1n) is 7.07. The van der Waals surface area contributed by atoms with Crippen LogP contribution in [0.5, 0.6) is 0 Å². The normalized spacial score (nSPS) is 17.4. The van der Waals surface area contributed by atoms with Crippen LogP contribution in [0.3, 0.4) is 0 Å². The van der Waals surface area contributed by atoms with Crippen molar-refractivity contribution < 1.29 is 9.90 Å². The molecule has 0 aromatic heterocycles. The Labute approximate surface area is 115 Å². The van der Waals surface area contributed by atoms with E-state index in [-0.39, 0.29) is 18.1 Å². The van der Waals surface area contributed by atoms with Crippen molar-refractivity contribution in [2.24, 2.45) is 0 Å². The SMILES string of the molecule is Cc1ccccc1C(=O)N(CCO)C1(C)CCCC1. The summed E-state index contributed by atoms with van der Waals surface area (Å²) in [5.74, 6) is 0.0524. The number of amides is 1. The number of benzene rings is 1. The topological polar surface area (TPSA) is 40.5 Å². The smallest absolute Gasteiger partial charge is 0.254 e. The van der Waals surface area contributed by atoms with Crippen molar-refractivity contribution in [3.8, 4) is 0 Å². The Morgan fingerprint density at radius 1 is 1.32 bits per heavy atom. The quantitative estimate of drug-likeness (QED) is 0.905. The van der Waals surface area contributed by atoms with E-state index >= 15 is 0 Å². The maximum atomic E-state index is 12.8. The zero-order chi connectivity index (χ0) is 13.9. The van der Waals surface area contributed by atoms with E-state index in [9.17, 15) is 9.90 Å². The lowest BCUT2D eigenvalue weighted by Gasteiger charge is -2.38. The van der Waals surface area contributed by atoms with Crippen molar-refractivity contribution in [3.63, 3.8) is 0 Å². The highest BCUT2D eigenvalue weighted by atomic mass is 16.3. The summed E-state index contributed by atoms with van der Waals surface area (Å²) in [6.45, 7) is 4.55. The maximum Gasteiger partial charge on any atom is 0.254 e. The van der Waals surface area contributed by atoms with Gasteiger partial charge in [-0.2, -0.15) is 0 Å². The van der Waals surface area contributed by atoms with Gasteiger partial charge < -0.3 is 10.0 Å². The average molecular weight is 261 g/mol. The van der Waals surface area contributed by atoms with Crippen LogP contribution in [0.25, 0.3) is 0 Å². The molecule has 1 aliphatic carbocycles. The molecular formula is C16H23NO2. The first kappa shape index (κ1) is 14.1. The zero-order valence-electron chi connectivity index (χ0n) is 11.9. The third kappa shape index (κ3) is 2.81. The number of aliphatic hydroxyl groups excluding tert-OH is 1. The molecule has 1 amide bonds. The number of nitrogens with zero attached hydrogens (tertiary/aromatic N) is 1. The summed E-state index contributed by atoms with van der Waals surface area (Å²) in [4.78, 5) is 14.6. The van der Waals surface area contributed by atoms with E-state index in [0.717, 1.165) is 24.0 Å². The number of aryl methyl sites for hydroxylation is 1. The van der Waals surface area contributed by atoms with E-state index in [0.29, 0.717) is 6.54 Å². The summed E-state index contributed by atoms with van der Waals surface area (Å²) in [5.41, 5.74) is 1.66. The van der Waals surface area contributed by atoms with Gasteiger partial charge in [-0.3, -0.25) is 4.79 Å².